The van der Waals surface area contributed by atoms with E-state index in [0.29, 0.717) is 11.7 Å². The van der Waals surface area contributed by atoms with Gasteiger partial charge in [-0.3, -0.25) is 9.36 Å². The molecule has 0 aromatic carbocycles. The first-order valence-corrected chi connectivity index (χ1v) is 8.43. The molecule has 0 amide bonds. The first-order valence-electron chi connectivity index (χ1n) is 8.43. The van der Waals surface area contributed by atoms with Crippen molar-refractivity contribution in [2.75, 3.05) is 5.32 Å². The Morgan fingerprint density at radius 1 is 1.16 bits per heavy atom. The summed E-state index contributed by atoms with van der Waals surface area (Å²) in [4.78, 5) is 0. The molecule has 0 saturated heterocycles. The first-order chi connectivity index (χ1) is 12.2. The quantitative estimate of drug-likeness (QED) is 0.728. The molecule has 25 heavy (non-hydrogen) atoms. The maximum absolute atomic E-state index is 10.3. The second-order valence-electron chi connectivity index (χ2n) is 6.53. The Morgan fingerprint density at radius 3 is 2.76 bits per heavy atom. The topological polar surface area (TPSA) is 93.7 Å². The van der Waals surface area contributed by atoms with Crippen LogP contribution in [-0.2, 0) is 13.6 Å². The van der Waals surface area contributed by atoms with Crippen molar-refractivity contribution in [1.29, 1.82) is 0 Å². The molecule has 8 nitrogen and oxygen atoms in total. The summed E-state index contributed by atoms with van der Waals surface area (Å²) in [5, 5.41) is 30.5. The number of hydrogen-bond acceptors (Lipinski definition) is 6. The summed E-state index contributed by atoms with van der Waals surface area (Å²) in [5.41, 5.74) is 1.69. The smallest absolute Gasteiger partial charge is 0.148 e. The zero-order valence-electron chi connectivity index (χ0n) is 14.0. The molecule has 1 saturated carbocycles. The molecule has 1 aliphatic carbocycles. The van der Waals surface area contributed by atoms with E-state index < -0.39 is 0 Å². The van der Waals surface area contributed by atoms with E-state index in [1.54, 1.807) is 17.1 Å². The fourth-order valence-electron chi connectivity index (χ4n) is 3.46. The lowest BCUT2D eigenvalue weighted by atomic mass is 10.1. The van der Waals surface area contributed by atoms with Crippen molar-refractivity contribution in [2.24, 2.45) is 13.0 Å². The molecule has 3 aromatic rings. The molecule has 8 heteroatoms. The normalized spacial score (nSPS) is 23.0. The first kappa shape index (κ1) is 15.8. The molecule has 1 fully saturated rings. The van der Waals surface area contributed by atoms with Gasteiger partial charge in [-0.1, -0.05) is 0 Å². The molecular weight excluding hydrogens is 318 g/mol. The van der Waals surface area contributed by atoms with Crippen LogP contribution in [0.25, 0.3) is 11.4 Å². The third-order valence-electron chi connectivity index (χ3n) is 4.71. The van der Waals surface area contributed by atoms with Gasteiger partial charge in [0.2, 0.25) is 0 Å². The van der Waals surface area contributed by atoms with Gasteiger partial charge in [-0.2, -0.15) is 10.2 Å². The highest BCUT2D eigenvalue weighted by molar-refractivity contribution is 5.55. The van der Waals surface area contributed by atoms with Crippen LogP contribution in [0.1, 0.15) is 12.8 Å². The highest BCUT2D eigenvalue weighted by Crippen LogP contribution is 2.29. The van der Waals surface area contributed by atoms with E-state index in [-0.39, 0.29) is 12.1 Å². The van der Waals surface area contributed by atoms with E-state index >= 15 is 0 Å². The standard InChI is InChI=1S/C17H21N7O/c1-23-15(5-7-18-23)13-3-4-17(22-21-13)20-14-9-12(10-16(14)25)11-24-8-2-6-19-24/h2-8,12,14,16,25H,9-11H2,1H3,(H,20,22)/t12?,14-,16-/m1/s1. The van der Waals surface area contributed by atoms with Crippen LogP contribution in [0.2, 0.25) is 0 Å². The van der Waals surface area contributed by atoms with Crippen LogP contribution >= 0.6 is 0 Å². The molecule has 1 unspecified atom stereocenters. The molecule has 2 N–H and O–H groups in total. The minimum Gasteiger partial charge on any atom is -0.391 e. The van der Waals surface area contributed by atoms with Gasteiger partial charge in [-0.05, 0) is 43.0 Å². The van der Waals surface area contributed by atoms with Crippen molar-refractivity contribution in [3.63, 3.8) is 0 Å². The molecule has 0 aliphatic heterocycles. The van der Waals surface area contributed by atoms with E-state index in [9.17, 15) is 5.11 Å². The highest BCUT2D eigenvalue weighted by Gasteiger charge is 2.33. The molecule has 3 heterocycles. The number of aromatic nitrogens is 6. The maximum Gasteiger partial charge on any atom is 0.148 e. The monoisotopic (exact) mass is 339 g/mol. The summed E-state index contributed by atoms with van der Waals surface area (Å²) in [6.45, 7) is 0.827. The zero-order valence-corrected chi connectivity index (χ0v) is 14.0. The second-order valence-corrected chi connectivity index (χ2v) is 6.53. The van der Waals surface area contributed by atoms with Crippen LogP contribution in [-0.4, -0.2) is 47.0 Å². The van der Waals surface area contributed by atoms with Crippen molar-refractivity contribution in [3.8, 4) is 11.4 Å². The Morgan fingerprint density at radius 2 is 2.08 bits per heavy atom. The maximum atomic E-state index is 10.3. The van der Waals surface area contributed by atoms with E-state index in [2.05, 4.69) is 25.7 Å². The third kappa shape index (κ3) is 3.39. The van der Waals surface area contributed by atoms with Crippen LogP contribution in [0.15, 0.2) is 42.9 Å². The lowest BCUT2D eigenvalue weighted by Gasteiger charge is -2.16. The Bertz CT molecular complexity index is 812. The van der Waals surface area contributed by atoms with E-state index in [1.807, 2.05) is 42.2 Å². The number of hydrogen-bond donors (Lipinski definition) is 2. The van der Waals surface area contributed by atoms with Crippen molar-refractivity contribution in [1.82, 2.24) is 29.8 Å². The fraction of sp³-hybridized carbons (Fsp3) is 0.412. The van der Waals surface area contributed by atoms with Gasteiger partial charge in [-0.15, -0.1) is 10.2 Å². The minimum atomic E-state index is -0.390. The molecule has 3 aromatic heterocycles. The average Bonchev–Trinajstić information content (AvgIpc) is 3.32. The Balaban J connectivity index is 1.39. The van der Waals surface area contributed by atoms with E-state index in [0.717, 1.165) is 30.8 Å². The van der Waals surface area contributed by atoms with Crippen LogP contribution in [0.5, 0.6) is 0 Å². The predicted octanol–water partition coefficient (Wildman–Crippen LogP) is 1.33. The Labute approximate surface area is 145 Å². The molecule has 4 rings (SSSR count). The summed E-state index contributed by atoms with van der Waals surface area (Å²) >= 11 is 0. The van der Waals surface area contributed by atoms with Crippen LogP contribution < -0.4 is 5.32 Å². The number of rotatable bonds is 5. The number of nitrogens with zero attached hydrogens (tertiary/aromatic N) is 6. The highest BCUT2D eigenvalue weighted by atomic mass is 16.3. The number of nitrogens with one attached hydrogen (secondary N) is 1. The molecule has 0 spiro atoms. The van der Waals surface area contributed by atoms with Crippen molar-refractivity contribution >= 4 is 5.82 Å². The fourth-order valence-corrected chi connectivity index (χ4v) is 3.46. The largest absolute Gasteiger partial charge is 0.391 e. The minimum absolute atomic E-state index is 0.0163. The average molecular weight is 339 g/mol. The number of anilines is 1. The van der Waals surface area contributed by atoms with E-state index in [4.69, 9.17) is 0 Å². The van der Waals surface area contributed by atoms with Crippen LogP contribution in [0.4, 0.5) is 5.82 Å². The summed E-state index contributed by atoms with van der Waals surface area (Å²) in [6.07, 6.45) is 6.72. The molecule has 0 radical (unpaired) electrons. The lowest BCUT2D eigenvalue weighted by molar-refractivity contribution is 0.166. The van der Waals surface area contributed by atoms with Gasteiger partial charge in [0.1, 0.15) is 11.5 Å². The Hall–Kier alpha value is -2.74. The molecule has 3 atom stereocenters. The van der Waals surface area contributed by atoms with Gasteiger partial charge in [0.25, 0.3) is 0 Å². The molecular formula is C17H21N7O. The van der Waals surface area contributed by atoms with Crippen molar-refractivity contribution in [3.05, 3.63) is 42.9 Å². The Kier molecular flexibility index (Phi) is 4.19. The number of aliphatic hydroxyl groups is 1. The van der Waals surface area contributed by atoms with Gasteiger partial charge in [0.15, 0.2) is 0 Å². The van der Waals surface area contributed by atoms with Crippen LogP contribution in [0, 0.1) is 5.92 Å². The number of aryl methyl sites for hydroxylation is 1. The van der Waals surface area contributed by atoms with Gasteiger partial charge >= 0.3 is 0 Å². The molecule has 130 valence electrons. The lowest BCUT2D eigenvalue weighted by Crippen LogP contribution is -2.28. The zero-order chi connectivity index (χ0) is 17.2. The van der Waals surface area contributed by atoms with E-state index in [1.165, 1.54) is 0 Å². The van der Waals surface area contributed by atoms with Crippen molar-refractivity contribution < 1.29 is 5.11 Å². The SMILES string of the molecule is Cn1nccc1-c1ccc(N[C@@H]2CC(Cn3cccn3)C[C@H]2O)nn1. The van der Waals surface area contributed by atoms with Gasteiger partial charge in [0, 0.05) is 32.2 Å². The second kappa shape index (κ2) is 6.64. The predicted molar refractivity (Wildman–Crippen MR) is 92.6 cm³/mol. The van der Waals surface area contributed by atoms with Gasteiger partial charge in [0.05, 0.1) is 17.8 Å². The molecule has 0 bridgehead atoms. The summed E-state index contributed by atoms with van der Waals surface area (Å²) in [7, 11) is 1.87. The summed E-state index contributed by atoms with van der Waals surface area (Å²) < 4.78 is 3.68. The van der Waals surface area contributed by atoms with Crippen molar-refractivity contribution in [2.45, 2.75) is 31.5 Å². The van der Waals surface area contributed by atoms with Crippen LogP contribution in [0.3, 0.4) is 0 Å². The summed E-state index contributed by atoms with van der Waals surface area (Å²) in [5.74, 6) is 1.07. The van der Waals surface area contributed by atoms with Gasteiger partial charge < -0.3 is 10.4 Å². The number of aliphatic hydroxyl groups excluding tert-OH is 1. The third-order valence-corrected chi connectivity index (χ3v) is 4.71. The molecule has 1 aliphatic rings. The van der Waals surface area contributed by atoms with Gasteiger partial charge in [-0.25, -0.2) is 0 Å². The summed E-state index contributed by atoms with van der Waals surface area (Å²) in [6, 6.07) is 7.60.